The molecule has 0 aromatic heterocycles. The molecular formula is C16H21NO5. The Labute approximate surface area is 130 Å². The molecule has 6 nitrogen and oxygen atoms in total. The number of amides is 1. The lowest BCUT2D eigenvalue weighted by molar-refractivity contribution is -0.128. The Kier molecular flexibility index (Phi) is 6.95. The van der Waals surface area contributed by atoms with Gasteiger partial charge < -0.3 is 19.5 Å². The van der Waals surface area contributed by atoms with Crippen LogP contribution in [-0.2, 0) is 9.53 Å². The summed E-state index contributed by atoms with van der Waals surface area (Å²) in [5.41, 5.74) is 0.285. The van der Waals surface area contributed by atoms with Crippen molar-refractivity contribution >= 4 is 11.9 Å². The molecule has 0 aliphatic heterocycles. The maximum atomic E-state index is 12.1. The highest BCUT2D eigenvalue weighted by Crippen LogP contribution is 2.28. The van der Waals surface area contributed by atoms with Crippen molar-refractivity contribution in [1.29, 1.82) is 0 Å². The summed E-state index contributed by atoms with van der Waals surface area (Å²) in [6.07, 6.45) is 0.648. The zero-order valence-electron chi connectivity index (χ0n) is 13.0. The van der Waals surface area contributed by atoms with Crippen molar-refractivity contribution in [2.45, 2.75) is 20.0 Å². The summed E-state index contributed by atoms with van der Waals surface area (Å²) in [5, 5.41) is 2.56. The summed E-state index contributed by atoms with van der Waals surface area (Å²) < 4.78 is 15.7. The van der Waals surface area contributed by atoms with E-state index in [1.165, 1.54) is 20.1 Å². The largest absolute Gasteiger partial charge is 0.493 e. The van der Waals surface area contributed by atoms with Crippen LogP contribution >= 0.6 is 0 Å². The highest BCUT2D eigenvalue weighted by molar-refractivity contribution is 5.92. The molecule has 0 aliphatic carbocycles. The Bertz CT molecular complexity index is 541. The summed E-state index contributed by atoms with van der Waals surface area (Å²) in [5.74, 6) is -0.0185. The number of benzene rings is 1. The number of esters is 1. The van der Waals surface area contributed by atoms with Gasteiger partial charge in [0.1, 0.15) is 0 Å². The lowest BCUT2D eigenvalue weighted by atomic mass is 10.2. The van der Waals surface area contributed by atoms with Crippen molar-refractivity contribution in [2.24, 2.45) is 0 Å². The van der Waals surface area contributed by atoms with Gasteiger partial charge >= 0.3 is 5.97 Å². The summed E-state index contributed by atoms with van der Waals surface area (Å²) in [7, 11) is 1.52. The SMILES string of the molecule is C=CCNC(=O)[C@@H](C)OC(=O)c1ccc(OC)c(OCC)c1. The van der Waals surface area contributed by atoms with E-state index >= 15 is 0 Å². The summed E-state index contributed by atoms with van der Waals surface area (Å²) in [6.45, 7) is 7.59. The highest BCUT2D eigenvalue weighted by Gasteiger charge is 2.19. The molecule has 0 saturated heterocycles. The van der Waals surface area contributed by atoms with Crippen LogP contribution in [0.15, 0.2) is 30.9 Å². The van der Waals surface area contributed by atoms with Crippen molar-refractivity contribution in [2.75, 3.05) is 20.3 Å². The minimum Gasteiger partial charge on any atom is -0.493 e. The molecule has 0 unspecified atom stereocenters. The van der Waals surface area contributed by atoms with E-state index in [-0.39, 0.29) is 11.5 Å². The van der Waals surface area contributed by atoms with Crippen LogP contribution in [0, 0.1) is 0 Å². The van der Waals surface area contributed by atoms with Crippen molar-refractivity contribution in [1.82, 2.24) is 5.32 Å². The molecule has 120 valence electrons. The van der Waals surface area contributed by atoms with Gasteiger partial charge in [-0.2, -0.15) is 0 Å². The number of methoxy groups -OCH3 is 1. The standard InChI is InChI=1S/C16H21NO5/c1-5-9-17-15(18)11(3)22-16(19)12-7-8-13(20-4)14(10-12)21-6-2/h5,7-8,10-11H,1,6,9H2,2-4H3,(H,17,18)/t11-/m1/s1. The van der Waals surface area contributed by atoms with Crippen LogP contribution in [-0.4, -0.2) is 38.2 Å². The second-order valence-electron chi connectivity index (χ2n) is 4.38. The third-order valence-corrected chi connectivity index (χ3v) is 2.77. The van der Waals surface area contributed by atoms with E-state index in [1.54, 1.807) is 18.2 Å². The molecule has 0 heterocycles. The first-order valence-electron chi connectivity index (χ1n) is 6.93. The molecular weight excluding hydrogens is 286 g/mol. The molecule has 0 aliphatic rings. The van der Waals surface area contributed by atoms with E-state index < -0.39 is 12.1 Å². The number of carbonyl (C=O) groups is 2. The van der Waals surface area contributed by atoms with Gasteiger partial charge in [0.2, 0.25) is 0 Å². The molecule has 1 aromatic carbocycles. The number of hydrogen-bond donors (Lipinski definition) is 1. The Balaban J connectivity index is 2.78. The first kappa shape index (κ1) is 17.6. The molecule has 1 rings (SSSR count). The molecule has 6 heteroatoms. The first-order valence-corrected chi connectivity index (χ1v) is 6.93. The smallest absolute Gasteiger partial charge is 0.339 e. The van der Waals surface area contributed by atoms with Crippen molar-refractivity contribution in [3.8, 4) is 11.5 Å². The van der Waals surface area contributed by atoms with Gasteiger partial charge in [-0.25, -0.2) is 4.79 Å². The second-order valence-corrected chi connectivity index (χ2v) is 4.38. The summed E-state index contributed by atoms with van der Waals surface area (Å²) >= 11 is 0. The van der Waals surface area contributed by atoms with Crippen molar-refractivity contribution in [3.63, 3.8) is 0 Å². The zero-order valence-corrected chi connectivity index (χ0v) is 13.0. The van der Waals surface area contributed by atoms with Crippen LogP contribution in [0.3, 0.4) is 0 Å². The van der Waals surface area contributed by atoms with Gasteiger partial charge in [0.05, 0.1) is 19.3 Å². The highest BCUT2D eigenvalue weighted by atomic mass is 16.5. The van der Waals surface area contributed by atoms with E-state index in [0.29, 0.717) is 24.7 Å². The Morgan fingerprint density at radius 2 is 2.09 bits per heavy atom. The average molecular weight is 307 g/mol. The van der Waals surface area contributed by atoms with Crippen LogP contribution in [0.1, 0.15) is 24.2 Å². The van der Waals surface area contributed by atoms with Crippen molar-refractivity contribution in [3.05, 3.63) is 36.4 Å². The number of nitrogens with one attached hydrogen (secondary N) is 1. The van der Waals surface area contributed by atoms with Gasteiger partial charge in [-0.15, -0.1) is 6.58 Å². The van der Waals surface area contributed by atoms with Gasteiger partial charge in [0, 0.05) is 6.54 Å². The Morgan fingerprint density at radius 1 is 1.36 bits per heavy atom. The fraction of sp³-hybridized carbons (Fsp3) is 0.375. The van der Waals surface area contributed by atoms with E-state index in [4.69, 9.17) is 14.2 Å². The predicted octanol–water partition coefficient (Wildman–Crippen LogP) is 1.94. The lowest BCUT2D eigenvalue weighted by Crippen LogP contribution is -2.35. The Hall–Kier alpha value is -2.50. The maximum absolute atomic E-state index is 12.1. The number of hydrogen-bond acceptors (Lipinski definition) is 5. The van der Waals surface area contributed by atoms with Crippen LogP contribution in [0.5, 0.6) is 11.5 Å². The molecule has 1 aromatic rings. The van der Waals surface area contributed by atoms with Gasteiger partial charge in [-0.1, -0.05) is 6.08 Å². The van der Waals surface area contributed by atoms with Gasteiger partial charge in [0.15, 0.2) is 17.6 Å². The minimum atomic E-state index is -0.898. The minimum absolute atomic E-state index is 0.285. The maximum Gasteiger partial charge on any atom is 0.339 e. The summed E-state index contributed by atoms with van der Waals surface area (Å²) in [4.78, 5) is 23.7. The van der Waals surface area contributed by atoms with Crippen LogP contribution in [0.4, 0.5) is 0 Å². The zero-order chi connectivity index (χ0) is 16.5. The third-order valence-electron chi connectivity index (χ3n) is 2.77. The monoisotopic (exact) mass is 307 g/mol. The number of ether oxygens (including phenoxy) is 3. The molecule has 0 fully saturated rings. The van der Waals surface area contributed by atoms with Gasteiger partial charge in [-0.05, 0) is 32.0 Å². The first-order chi connectivity index (χ1) is 10.5. The fourth-order valence-corrected chi connectivity index (χ4v) is 1.67. The van der Waals surface area contributed by atoms with E-state index in [0.717, 1.165) is 0 Å². The number of rotatable bonds is 8. The molecule has 0 bridgehead atoms. The van der Waals surface area contributed by atoms with Gasteiger partial charge in [0.25, 0.3) is 5.91 Å². The fourth-order valence-electron chi connectivity index (χ4n) is 1.67. The molecule has 0 spiro atoms. The molecule has 0 radical (unpaired) electrons. The lowest BCUT2D eigenvalue weighted by Gasteiger charge is -2.14. The van der Waals surface area contributed by atoms with Crippen LogP contribution in [0.25, 0.3) is 0 Å². The predicted molar refractivity (Wildman–Crippen MR) is 82.2 cm³/mol. The Morgan fingerprint density at radius 3 is 2.68 bits per heavy atom. The topological polar surface area (TPSA) is 73.9 Å². The van der Waals surface area contributed by atoms with Crippen LogP contribution < -0.4 is 14.8 Å². The van der Waals surface area contributed by atoms with Crippen molar-refractivity contribution < 1.29 is 23.8 Å². The molecule has 1 N–H and O–H groups in total. The second kappa shape index (κ2) is 8.71. The average Bonchev–Trinajstić information content (AvgIpc) is 2.52. The summed E-state index contributed by atoms with van der Waals surface area (Å²) in [6, 6.07) is 4.70. The van der Waals surface area contributed by atoms with Gasteiger partial charge in [-0.3, -0.25) is 4.79 Å². The van der Waals surface area contributed by atoms with E-state index in [1.807, 2.05) is 6.92 Å². The number of carbonyl (C=O) groups excluding carboxylic acids is 2. The van der Waals surface area contributed by atoms with E-state index in [9.17, 15) is 9.59 Å². The van der Waals surface area contributed by atoms with E-state index in [2.05, 4.69) is 11.9 Å². The molecule has 1 atom stereocenters. The quantitative estimate of drug-likeness (QED) is 0.587. The normalized spacial score (nSPS) is 11.2. The molecule has 1 amide bonds. The third kappa shape index (κ3) is 4.80. The van der Waals surface area contributed by atoms with Crippen LogP contribution in [0.2, 0.25) is 0 Å². The molecule has 22 heavy (non-hydrogen) atoms. The molecule has 0 saturated carbocycles.